The molecule has 0 N–H and O–H groups in total. The molecule has 0 aliphatic heterocycles. The number of para-hydroxylation sites is 1. The first-order chi connectivity index (χ1) is 29.7. The highest BCUT2D eigenvalue weighted by atomic mass is 16.3. The van der Waals surface area contributed by atoms with E-state index < -0.39 is 0 Å². The molecule has 0 amide bonds. The summed E-state index contributed by atoms with van der Waals surface area (Å²) in [4.78, 5) is 17.5. The maximum absolute atomic E-state index is 7.08. The van der Waals surface area contributed by atoms with Gasteiger partial charge in [0.2, 0.25) is 0 Å². The molecule has 11 rings (SSSR count). The Morgan fingerprint density at radius 2 is 0.750 bits per heavy atom. The Balaban J connectivity index is 1.11. The average molecular weight is 769 g/mol. The highest BCUT2D eigenvalue weighted by Crippen LogP contribution is 2.46. The van der Waals surface area contributed by atoms with Crippen molar-refractivity contribution in [3.05, 3.63) is 218 Å². The summed E-state index contributed by atoms with van der Waals surface area (Å²) in [5.41, 5.74) is 11.9. The molecule has 9 aromatic carbocycles. The number of nitrogens with zero attached hydrogens (tertiary/aromatic N) is 4. The summed E-state index contributed by atoms with van der Waals surface area (Å²) < 4.78 is 7.08. The van der Waals surface area contributed by atoms with Crippen molar-refractivity contribution >= 4 is 49.8 Å². The fourth-order valence-corrected chi connectivity index (χ4v) is 8.23. The Morgan fingerprint density at radius 1 is 0.333 bits per heavy atom. The molecule has 0 aliphatic carbocycles. The van der Waals surface area contributed by atoms with Crippen molar-refractivity contribution in [3.8, 4) is 56.4 Å². The molecule has 2 heterocycles. The Morgan fingerprint density at radius 3 is 1.27 bits per heavy atom. The van der Waals surface area contributed by atoms with Crippen molar-refractivity contribution in [2.45, 2.75) is 0 Å². The van der Waals surface area contributed by atoms with Crippen LogP contribution in [0.5, 0.6) is 0 Å². The van der Waals surface area contributed by atoms with Crippen LogP contribution >= 0.6 is 0 Å². The third kappa shape index (κ3) is 6.35. The number of hydrogen-bond donors (Lipinski definition) is 0. The Labute approximate surface area is 347 Å². The van der Waals surface area contributed by atoms with Gasteiger partial charge < -0.3 is 9.32 Å². The van der Waals surface area contributed by atoms with Crippen LogP contribution in [-0.2, 0) is 0 Å². The van der Waals surface area contributed by atoms with Crippen molar-refractivity contribution in [2.75, 3.05) is 4.90 Å². The maximum atomic E-state index is 7.08. The van der Waals surface area contributed by atoms with Crippen LogP contribution in [0.1, 0.15) is 0 Å². The number of rotatable bonds is 8. The minimum absolute atomic E-state index is 0.583. The third-order valence-electron chi connectivity index (χ3n) is 11.1. The largest absolute Gasteiger partial charge is 0.454 e. The molecule has 5 heteroatoms. The van der Waals surface area contributed by atoms with Gasteiger partial charge in [0.1, 0.15) is 5.58 Å². The lowest BCUT2D eigenvalue weighted by Gasteiger charge is -2.26. The van der Waals surface area contributed by atoms with Gasteiger partial charge in [0.05, 0.1) is 5.69 Å². The zero-order valence-electron chi connectivity index (χ0n) is 32.5. The van der Waals surface area contributed by atoms with E-state index in [2.05, 4.69) is 150 Å². The maximum Gasteiger partial charge on any atom is 0.164 e. The summed E-state index contributed by atoms with van der Waals surface area (Å²) in [5.74, 6) is 1.81. The SMILES string of the molecule is c1ccc(-c2ccc(N(c3ccc(-c4ccccc4)cc3)c3cccc4c3oc3cc(-c5nc(-c6ccccc6)nc(-c6ccccc6)n5)c5ccccc5c34)cc2)cc1. The number of hydrogen-bond acceptors (Lipinski definition) is 5. The lowest BCUT2D eigenvalue weighted by atomic mass is 9.98. The number of furan rings is 1. The minimum Gasteiger partial charge on any atom is -0.454 e. The second-order valence-electron chi connectivity index (χ2n) is 14.8. The third-order valence-corrected chi connectivity index (χ3v) is 11.1. The second-order valence-corrected chi connectivity index (χ2v) is 14.8. The van der Waals surface area contributed by atoms with Gasteiger partial charge in [-0.25, -0.2) is 15.0 Å². The van der Waals surface area contributed by atoms with E-state index >= 15 is 0 Å². The molecule has 11 aromatic rings. The zero-order chi connectivity index (χ0) is 39.8. The smallest absolute Gasteiger partial charge is 0.164 e. The normalized spacial score (nSPS) is 11.3. The van der Waals surface area contributed by atoms with Gasteiger partial charge in [-0.3, -0.25) is 0 Å². The molecule has 0 atom stereocenters. The van der Waals surface area contributed by atoms with Crippen LogP contribution in [0.25, 0.3) is 89.1 Å². The van der Waals surface area contributed by atoms with E-state index in [0.717, 1.165) is 77.6 Å². The Bertz CT molecular complexity index is 3140. The fourth-order valence-electron chi connectivity index (χ4n) is 8.23. The first kappa shape index (κ1) is 35.0. The quantitative estimate of drug-likeness (QED) is 0.154. The molecule has 5 nitrogen and oxygen atoms in total. The van der Waals surface area contributed by atoms with Gasteiger partial charge in [0.15, 0.2) is 23.1 Å². The molecule has 0 saturated heterocycles. The van der Waals surface area contributed by atoms with E-state index in [-0.39, 0.29) is 0 Å². The molecule has 60 heavy (non-hydrogen) atoms. The molecule has 0 bridgehead atoms. The highest BCUT2D eigenvalue weighted by Gasteiger charge is 2.23. The van der Waals surface area contributed by atoms with Gasteiger partial charge >= 0.3 is 0 Å². The number of anilines is 3. The zero-order valence-corrected chi connectivity index (χ0v) is 32.5. The van der Waals surface area contributed by atoms with Crippen LogP contribution in [0, 0.1) is 0 Å². The molecule has 0 saturated carbocycles. The summed E-state index contributed by atoms with van der Waals surface area (Å²) in [6.07, 6.45) is 0. The summed E-state index contributed by atoms with van der Waals surface area (Å²) >= 11 is 0. The van der Waals surface area contributed by atoms with Crippen LogP contribution in [0.2, 0.25) is 0 Å². The first-order valence-corrected chi connectivity index (χ1v) is 20.1. The lowest BCUT2D eigenvalue weighted by Crippen LogP contribution is -2.10. The molecule has 0 fully saturated rings. The van der Waals surface area contributed by atoms with Crippen LogP contribution in [0.15, 0.2) is 223 Å². The monoisotopic (exact) mass is 768 g/mol. The predicted molar refractivity (Wildman–Crippen MR) is 246 cm³/mol. The topological polar surface area (TPSA) is 55.1 Å². The Kier molecular flexibility index (Phi) is 8.75. The van der Waals surface area contributed by atoms with Crippen molar-refractivity contribution in [1.29, 1.82) is 0 Å². The first-order valence-electron chi connectivity index (χ1n) is 20.1. The van der Waals surface area contributed by atoms with E-state index in [1.165, 1.54) is 11.1 Å². The van der Waals surface area contributed by atoms with Crippen LogP contribution in [0.4, 0.5) is 17.1 Å². The number of benzene rings is 9. The van der Waals surface area contributed by atoms with Gasteiger partial charge in [-0.05, 0) is 69.4 Å². The van der Waals surface area contributed by atoms with Gasteiger partial charge in [-0.1, -0.05) is 182 Å². The van der Waals surface area contributed by atoms with E-state index in [9.17, 15) is 0 Å². The molecule has 0 radical (unpaired) electrons. The minimum atomic E-state index is 0.583. The molecule has 0 spiro atoms. The van der Waals surface area contributed by atoms with Crippen molar-refractivity contribution in [1.82, 2.24) is 15.0 Å². The standard InChI is InChI=1S/C55H36N4O/c1-5-16-37(17-6-1)39-28-32-43(33-29-39)59(44-34-30-40(31-35-44)38-18-7-2-8-19-38)49-27-15-26-47-51-46-25-14-13-24-45(46)48(36-50(51)60-52(47)49)55-57-53(41-20-9-3-10-21-41)56-54(58-55)42-22-11-4-12-23-42/h1-36H. The van der Waals surface area contributed by atoms with Gasteiger partial charge in [0, 0.05) is 38.8 Å². The predicted octanol–water partition coefficient (Wildman–Crippen LogP) is 14.7. The molecular formula is C55H36N4O. The summed E-state index contributed by atoms with van der Waals surface area (Å²) in [5, 5.41) is 4.18. The van der Waals surface area contributed by atoms with E-state index in [4.69, 9.17) is 19.4 Å². The van der Waals surface area contributed by atoms with Crippen molar-refractivity contribution in [2.24, 2.45) is 0 Å². The molecule has 282 valence electrons. The lowest BCUT2D eigenvalue weighted by molar-refractivity contribution is 0.669. The molecule has 0 unspecified atom stereocenters. The van der Waals surface area contributed by atoms with Gasteiger partial charge in [-0.2, -0.15) is 0 Å². The summed E-state index contributed by atoms with van der Waals surface area (Å²) in [6.45, 7) is 0. The summed E-state index contributed by atoms with van der Waals surface area (Å²) in [6, 6.07) is 75.7. The second kappa shape index (κ2) is 15.0. The van der Waals surface area contributed by atoms with E-state index in [1.807, 2.05) is 72.8 Å². The van der Waals surface area contributed by atoms with Gasteiger partial charge in [0.25, 0.3) is 0 Å². The highest BCUT2D eigenvalue weighted by molar-refractivity contribution is 6.23. The summed E-state index contributed by atoms with van der Waals surface area (Å²) in [7, 11) is 0. The van der Waals surface area contributed by atoms with Crippen LogP contribution < -0.4 is 4.90 Å². The van der Waals surface area contributed by atoms with Crippen molar-refractivity contribution < 1.29 is 4.42 Å². The van der Waals surface area contributed by atoms with Gasteiger partial charge in [-0.15, -0.1) is 0 Å². The fraction of sp³-hybridized carbons (Fsp3) is 0. The molecule has 0 aliphatic rings. The number of aromatic nitrogens is 3. The van der Waals surface area contributed by atoms with Crippen LogP contribution in [-0.4, -0.2) is 15.0 Å². The Hall–Kier alpha value is -8.15. The van der Waals surface area contributed by atoms with E-state index in [1.54, 1.807) is 0 Å². The van der Waals surface area contributed by atoms with E-state index in [0.29, 0.717) is 17.5 Å². The molecule has 2 aromatic heterocycles. The van der Waals surface area contributed by atoms with Crippen molar-refractivity contribution in [3.63, 3.8) is 0 Å². The molecular weight excluding hydrogens is 733 g/mol. The average Bonchev–Trinajstić information content (AvgIpc) is 3.72. The van der Waals surface area contributed by atoms with Crippen LogP contribution in [0.3, 0.4) is 0 Å². The number of fused-ring (bicyclic) bond motifs is 5.